The minimum absolute atomic E-state index is 0.0723. The van der Waals surface area contributed by atoms with Crippen molar-refractivity contribution in [2.75, 3.05) is 44.9 Å². The molecule has 0 fully saturated rings. The second kappa shape index (κ2) is 14.8. The van der Waals surface area contributed by atoms with Crippen molar-refractivity contribution in [2.24, 2.45) is 5.73 Å². The van der Waals surface area contributed by atoms with Gasteiger partial charge < -0.3 is 31.5 Å². The zero-order valence-corrected chi connectivity index (χ0v) is 24.0. The summed E-state index contributed by atoms with van der Waals surface area (Å²) in [6, 6.07) is 7.11. The van der Waals surface area contributed by atoms with Crippen molar-refractivity contribution < 1.29 is 14.4 Å². The van der Waals surface area contributed by atoms with E-state index in [-0.39, 0.29) is 29.4 Å². The highest BCUT2D eigenvalue weighted by Crippen LogP contribution is 2.23. The van der Waals surface area contributed by atoms with E-state index in [0.29, 0.717) is 43.1 Å². The number of anilines is 3. The van der Waals surface area contributed by atoms with Gasteiger partial charge in [-0.15, -0.1) is 0 Å². The Hall–Kier alpha value is -3.99. The van der Waals surface area contributed by atoms with E-state index in [0.717, 1.165) is 5.56 Å². The summed E-state index contributed by atoms with van der Waals surface area (Å²) in [6.45, 7) is 8.67. The molecule has 0 aliphatic carbocycles. The normalized spacial score (nSPS) is 12.0. The number of aryl methyl sites for hydroxylation is 1. The fraction of sp³-hybridized carbons (Fsp3) is 0.464. The summed E-state index contributed by atoms with van der Waals surface area (Å²) in [5.74, 6) is -0.251. The van der Waals surface area contributed by atoms with Crippen LogP contribution in [0.1, 0.15) is 49.4 Å². The quantitative estimate of drug-likeness (QED) is 0.268. The Balaban J connectivity index is 2.05. The third kappa shape index (κ3) is 9.68. The first-order chi connectivity index (χ1) is 18.4. The van der Waals surface area contributed by atoms with Gasteiger partial charge in [0.05, 0.1) is 5.69 Å². The topological polar surface area (TPSA) is 146 Å². The van der Waals surface area contributed by atoms with E-state index in [4.69, 9.17) is 5.73 Å². The first-order valence-corrected chi connectivity index (χ1v) is 13.1. The number of rotatable bonds is 14. The van der Waals surface area contributed by atoms with Crippen LogP contribution in [0.15, 0.2) is 36.4 Å². The number of primary amides is 1. The van der Waals surface area contributed by atoms with Crippen molar-refractivity contribution in [3.05, 3.63) is 53.4 Å². The van der Waals surface area contributed by atoms with Crippen LogP contribution in [0.25, 0.3) is 0 Å². The Kier molecular flexibility index (Phi) is 11.9. The molecule has 39 heavy (non-hydrogen) atoms. The summed E-state index contributed by atoms with van der Waals surface area (Å²) < 4.78 is 0. The van der Waals surface area contributed by atoms with Gasteiger partial charge in [-0.2, -0.15) is 0 Å². The van der Waals surface area contributed by atoms with Gasteiger partial charge in [0.1, 0.15) is 11.9 Å². The van der Waals surface area contributed by atoms with E-state index in [9.17, 15) is 14.4 Å². The molecule has 0 saturated carbocycles. The summed E-state index contributed by atoms with van der Waals surface area (Å²) >= 11 is 0. The predicted octanol–water partition coefficient (Wildman–Crippen LogP) is 2.33. The third-order valence-electron chi connectivity index (χ3n) is 5.90. The molecule has 11 nitrogen and oxygen atoms in total. The van der Waals surface area contributed by atoms with E-state index in [1.165, 1.54) is 11.0 Å². The molecule has 0 bridgehead atoms. The van der Waals surface area contributed by atoms with Crippen molar-refractivity contribution in [3.8, 4) is 0 Å². The molecule has 2 aromatic rings. The van der Waals surface area contributed by atoms with Gasteiger partial charge in [-0.05, 0) is 65.4 Å². The second-order valence-electron chi connectivity index (χ2n) is 9.89. The molecule has 1 heterocycles. The van der Waals surface area contributed by atoms with E-state index in [2.05, 4.69) is 25.9 Å². The molecule has 1 aromatic carbocycles. The number of carbonyl (C=O) groups is 3. The van der Waals surface area contributed by atoms with Crippen LogP contribution in [0.5, 0.6) is 0 Å². The zero-order valence-electron chi connectivity index (χ0n) is 24.0. The standard InChI is InChI=1S/C28H42N8O3/c1-8-22-26(31-18(2)3)34-27(24(33-22)25(29)38)32-21-12-9-11-20(17-21)14-15-30-28(39)19(4)36(7)23(37)13-10-16-35(5)6/h9-13,17-19H,8,14-16H2,1-7H3,(H2,29,38)(H,30,39)(H2,31,32,34). The number of benzene rings is 1. The van der Waals surface area contributed by atoms with Crippen LogP contribution < -0.4 is 21.7 Å². The maximum atomic E-state index is 12.6. The summed E-state index contributed by atoms with van der Waals surface area (Å²) in [5.41, 5.74) is 8.00. The summed E-state index contributed by atoms with van der Waals surface area (Å²) in [5, 5.41) is 9.34. The zero-order chi connectivity index (χ0) is 29.1. The number of carbonyl (C=O) groups excluding carboxylic acids is 3. The molecule has 1 atom stereocenters. The van der Waals surface area contributed by atoms with Crippen LogP contribution in [-0.4, -0.2) is 83.8 Å². The van der Waals surface area contributed by atoms with E-state index in [1.807, 2.05) is 64.0 Å². The van der Waals surface area contributed by atoms with Crippen molar-refractivity contribution in [1.82, 2.24) is 25.1 Å². The van der Waals surface area contributed by atoms with E-state index in [1.54, 1.807) is 20.0 Å². The van der Waals surface area contributed by atoms with Gasteiger partial charge >= 0.3 is 0 Å². The lowest BCUT2D eigenvalue weighted by atomic mass is 10.1. The minimum atomic E-state index is -0.666. The van der Waals surface area contributed by atoms with Gasteiger partial charge in [0.15, 0.2) is 11.5 Å². The molecular weight excluding hydrogens is 496 g/mol. The van der Waals surface area contributed by atoms with Gasteiger partial charge in [0.2, 0.25) is 11.8 Å². The molecule has 1 unspecified atom stereocenters. The first kappa shape index (κ1) is 31.2. The Bertz CT molecular complexity index is 1180. The fourth-order valence-electron chi connectivity index (χ4n) is 3.63. The second-order valence-corrected chi connectivity index (χ2v) is 9.89. The highest BCUT2D eigenvalue weighted by molar-refractivity contribution is 5.96. The molecule has 1 aromatic heterocycles. The van der Waals surface area contributed by atoms with Crippen molar-refractivity contribution in [3.63, 3.8) is 0 Å². The molecule has 3 amide bonds. The predicted molar refractivity (Wildman–Crippen MR) is 155 cm³/mol. The van der Waals surface area contributed by atoms with Crippen molar-refractivity contribution in [2.45, 2.75) is 52.6 Å². The average Bonchev–Trinajstić information content (AvgIpc) is 2.87. The first-order valence-electron chi connectivity index (χ1n) is 13.1. The molecular formula is C28H42N8O3. The van der Waals surface area contributed by atoms with Crippen LogP contribution in [0.2, 0.25) is 0 Å². The molecule has 212 valence electrons. The summed E-state index contributed by atoms with van der Waals surface area (Å²) in [7, 11) is 5.44. The maximum absolute atomic E-state index is 12.6. The molecule has 0 spiro atoms. The number of nitrogens with zero attached hydrogens (tertiary/aromatic N) is 4. The minimum Gasteiger partial charge on any atom is -0.366 e. The summed E-state index contributed by atoms with van der Waals surface area (Å²) in [6.07, 6.45) is 4.41. The van der Waals surface area contributed by atoms with Crippen LogP contribution in [-0.2, 0) is 22.4 Å². The number of nitrogens with two attached hydrogens (primary N) is 1. The van der Waals surface area contributed by atoms with E-state index < -0.39 is 11.9 Å². The molecule has 2 rings (SSSR count). The lowest BCUT2D eigenvalue weighted by Crippen LogP contribution is -2.45. The fourth-order valence-corrected chi connectivity index (χ4v) is 3.63. The van der Waals surface area contributed by atoms with Gasteiger partial charge in [-0.3, -0.25) is 14.4 Å². The number of hydrogen-bond acceptors (Lipinski definition) is 8. The van der Waals surface area contributed by atoms with Crippen LogP contribution in [0, 0.1) is 0 Å². The van der Waals surface area contributed by atoms with Crippen LogP contribution >= 0.6 is 0 Å². The number of amides is 3. The Labute approximate surface area is 231 Å². The molecule has 11 heteroatoms. The lowest BCUT2D eigenvalue weighted by molar-refractivity contribution is -0.135. The molecule has 0 saturated heterocycles. The Morgan fingerprint density at radius 3 is 2.41 bits per heavy atom. The van der Waals surface area contributed by atoms with Crippen LogP contribution in [0.4, 0.5) is 17.3 Å². The largest absolute Gasteiger partial charge is 0.366 e. The number of hydrogen-bond donors (Lipinski definition) is 4. The average molecular weight is 539 g/mol. The highest BCUT2D eigenvalue weighted by Gasteiger charge is 2.21. The van der Waals surface area contributed by atoms with Gasteiger partial charge in [-0.1, -0.05) is 25.1 Å². The number of likely N-dealkylation sites (N-methyl/N-ethyl adjacent to an activating group) is 2. The van der Waals surface area contributed by atoms with Gasteiger partial charge in [-0.25, -0.2) is 9.97 Å². The summed E-state index contributed by atoms with van der Waals surface area (Å²) in [4.78, 5) is 49.5. The molecule has 0 radical (unpaired) electrons. The van der Waals surface area contributed by atoms with E-state index >= 15 is 0 Å². The SMILES string of the molecule is CCc1nc(C(N)=O)c(Nc2cccc(CCNC(=O)C(C)N(C)C(=O)C=CCN(C)C)c2)nc1NC(C)C. The Morgan fingerprint density at radius 1 is 1.08 bits per heavy atom. The molecule has 0 aliphatic heterocycles. The molecule has 0 aliphatic rings. The lowest BCUT2D eigenvalue weighted by Gasteiger charge is -2.23. The van der Waals surface area contributed by atoms with Gasteiger partial charge in [0.25, 0.3) is 5.91 Å². The maximum Gasteiger partial charge on any atom is 0.271 e. The smallest absolute Gasteiger partial charge is 0.271 e. The Morgan fingerprint density at radius 2 is 1.79 bits per heavy atom. The monoisotopic (exact) mass is 538 g/mol. The number of nitrogens with one attached hydrogen (secondary N) is 3. The van der Waals surface area contributed by atoms with Crippen molar-refractivity contribution in [1.29, 1.82) is 0 Å². The highest BCUT2D eigenvalue weighted by atomic mass is 16.2. The molecule has 5 N–H and O–H groups in total. The van der Waals surface area contributed by atoms with Crippen molar-refractivity contribution >= 4 is 35.0 Å². The van der Waals surface area contributed by atoms with Crippen LogP contribution in [0.3, 0.4) is 0 Å². The third-order valence-corrected chi connectivity index (χ3v) is 5.90. The van der Waals surface area contributed by atoms with Gasteiger partial charge in [0, 0.05) is 37.9 Å². The number of aromatic nitrogens is 2.